The molecule has 0 spiro atoms. The molecule has 0 aliphatic heterocycles. The number of halogens is 1. The molecule has 0 saturated heterocycles. The Labute approximate surface area is 170 Å². The number of aromatic nitrogens is 1. The summed E-state index contributed by atoms with van der Waals surface area (Å²) in [7, 11) is 0. The summed E-state index contributed by atoms with van der Waals surface area (Å²) >= 11 is 6.38. The van der Waals surface area contributed by atoms with Gasteiger partial charge in [0.2, 0.25) is 0 Å². The van der Waals surface area contributed by atoms with Gasteiger partial charge >= 0.3 is 6.09 Å². The second-order valence-electron chi connectivity index (χ2n) is 7.89. The molecule has 0 aliphatic rings. The highest BCUT2D eigenvalue weighted by Crippen LogP contribution is 2.33. The molecular formula is C23H25ClN2O2. The molecule has 28 heavy (non-hydrogen) atoms. The summed E-state index contributed by atoms with van der Waals surface area (Å²) in [6.07, 6.45) is -0.419. The molecule has 0 bridgehead atoms. The Morgan fingerprint density at radius 3 is 2.54 bits per heavy atom. The molecule has 1 amide bonds. The molecule has 1 aromatic heterocycles. The van der Waals surface area contributed by atoms with E-state index in [9.17, 15) is 4.79 Å². The van der Waals surface area contributed by atoms with Crippen molar-refractivity contribution in [3.05, 3.63) is 65.2 Å². The second-order valence-corrected chi connectivity index (χ2v) is 8.29. The number of para-hydroxylation sites is 1. The van der Waals surface area contributed by atoms with Gasteiger partial charge in [-0.15, -0.1) is 0 Å². The molecule has 1 atom stereocenters. The maximum Gasteiger partial charge on any atom is 0.407 e. The Hall–Kier alpha value is -2.59. The Morgan fingerprint density at radius 1 is 1.14 bits per heavy atom. The highest BCUT2D eigenvalue weighted by molar-refractivity contribution is 6.35. The summed E-state index contributed by atoms with van der Waals surface area (Å²) in [5.74, 6) is 0.0404. The van der Waals surface area contributed by atoms with E-state index in [2.05, 4.69) is 18.3 Å². The van der Waals surface area contributed by atoms with Gasteiger partial charge in [0.1, 0.15) is 5.60 Å². The predicted molar refractivity (Wildman–Crippen MR) is 115 cm³/mol. The van der Waals surface area contributed by atoms with Crippen molar-refractivity contribution in [1.82, 2.24) is 10.3 Å². The molecular weight excluding hydrogens is 372 g/mol. The lowest BCUT2D eigenvalue weighted by Crippen LogP contribution is -2.34. The molecule has 4 nitrogen and oxygen atoms in total. The summed E-state index contributed by atoms with van der Waals surface area (Å²) < 4.78 is 5.34. The number of nitrogens with zero attached hydrogens (tertiary/aromatic N) is 1. The van der Waals surface area contributed by atoms with Gasteiger partial charge < -0.3 is 10.1 Å². The highest BCUT2D eigenvalue weighted by Gasteiger charge is 2.19. The minimum Gasteiger partial charge on any atom is -0.444 e. The van der Waals surface area contributed by atoms with Crippen molar-refractivity contribution in [3.63, 3.8) is 0 Å². The third-order valence-corrected chi connectivity index (χ3v) is 4.66. The Morgan fingerprint density at radius 2 is 1.86 bits per heavy atom. The normalized spacial score (nSPS) is 12.6. The predicted octanol–water partition coefficient (Wildman–Crippen LogP) is 6.18. The van der Waals surface area contributed by atoms with Crippen molar-refractivity contribution < 1.29 is 9.53 Å². The van der Waals surface area contributed by atoms with Gasteiger partial charge in [-0.25, -0.2) is 9.78 Å². The number of carbonyl (C=O) groups is 1. The molecule has 0 aliphatic carbocycles. The summed E-state index contributed by atoms with van der Waals surface area (Å²) in [6.45, 7) is 8.06. The van der Waals surface area contributed by atoms with E-state index in [4.69, 9.17) is 21.3 Å². The molecule has 0 fully saturated rings. The zero-order valence-corrected chi connectivity index (χ0v) is 17.4. The van der Waals surface area contributed by atoms with Crippen LogP contribution in [0.15, 0.2) is 54.6 Å². The third-order valence-electron chi connectivity index (χ3n) is 4.36. The second kappa shape index (κ2) is 8.19. The minimum absolute atomic E-state index is 0.0404. The molecule has 0 radical (unpaired) electrons. The van der Waals surface area contributed by atoms with Crippen LogP contribution in [-0.4, -0.2) is 23.2 Å². The first-order valence-electron chi connectivity index (χ1n) is 9.36. The number of amides is 1. The fraction of sp³-hybridized carbons (Fsp3) is 0.304. The van der Waals surface area contributed by atoms with Crippen LogP contribution in [-0.2, 0) is 4.74 Å². The Bertz CT molecular complexity index is 981. The third kappa shape index (κ3) is 4.82. The average Bonchev–Trinajstić information content (AvgIpc) is 2.65. The zero-order chi connectivity index (χ0) is 20.3. The van der Waals surface area contributed by atoms with Gasteiger partial charge in [-0.3, -0.25) is 0 Å². The molecule has 1 unspecified atom stereocenters. The fourth-order valence-corrected chi connectivity index (χ4v) is 3.27. The monoisotopic (exact) mass is 396 g/mol. The van der Waals surface area contributed by atoms with Gasteiger partial charge in [0.05, 0.1) is 16.2 Å². The number of carbonyl (C=O) groups excluding carboxylic acids is 1. The van der Waals surface area contributed by atoms with Crippen LogP contribution < -0.4 is 5.32 Å². The molecule has 1 N–H and O–H groups in total. The number of ether oxygens (including phenoxy) is 1. The van der Waals surface area contributed by atoms with Crippen molar-refractivity contribution in [2.24, 2.45) is 0 Å². The van der Waals surface area contributed by atoms with Gasteiger partial charge in [0.25, 0.3) is 0 Å². The van der Waals surface area contributed by atoms with E-state index in [0.717, 1.165) is 27.7 Å². The molecule has 1 heterocycles. The van der Waals surface area contributed by atoms with E-state index in [1.54, 1.807) is 0 Å². The maximum atomic E-state index is 12.0. The minimum atomic E-state index is -0.524. The van der Waals surface area contributed by atoms with Gasteiger partial charge in [0.15, 0.2) is 0 Å². The van der Waals surface area contributed by atoms with Crippen LogP contribution in [0.3, 0.4) is 0 Å². The summed E-state index contributed by atoms with van der Waals surface area (Å²) in [5.41, 5.74) is 3.20. The molecule has 0 saturated carbocycles. The van der Waals surface area contributed by atoms with E-state index in [1.807, 2.05) is 69.3 Å². The zero-order valence-electron chi connectivity index (χ0n) is 16.6. The van der Waals surface area contributed by atoms with E-state index < -0.39 is 11.7 Å². The number of hydrogen-bond donors (Lipinski definition) is 1. The smallest absolute Gasteiger partial charge is 0.407 e. The van der Waals surface area contributed by atoms with Crippen LogP contribution in [0, 0.1) is 0 Å². The van der Waals surface area contributed by atoms with Crippen LogP contribution in [0.1, 0.15) is 39.2 Å². The van der Waals surface area contributed by atoms with Gasteiger partial charge in [-0.2, -0.15) is 0 Å². The number of alkyl carbamates (subject to hydrolysis) is 1. The van der Waals surface area contributed by atoms with Crippen molar-refractivity contribution in [3.8, 4) is 11.3 Å². The molecule has 3 rings (SSSR count). The number of rotatable bonds is 4. The van der Waals surface area contributed by atoms with Crippen LogP contribution in [0.5, 0.6) is 0 Å². The summed E-state index contributed by atoms with van der Waals surface area (Å²) in [4.78, 5) is 16.9. The van der Waals surface area contributed by atoms with Crippen molar-refractivity contribution in [1.29, 1.82) is 0 Å². The van der Waals surface area contributed by atoms with Crippen LogP contribution in [0.4, 0.5) is 4.79 Å². The quantitative estimate of drug-likeness (QED) is 0.572. The van der Waals surface area contributed by atoms with E-state index in [-0.39, 0.29) is 5.92 Å². The lowest BCUT2D eigenvalue weighted by Gasteiger charge is -2.22. The van der Waals surface area contributed by atoms with Gasteiger partial charge in [-0.1, -0.05) is 61.0 Å². The maximum absolute atomic E-state index is 12.0. The Kier molecular flexibility index (Phi) is 5.90. The van der Waals surface area contributed by atoms with Crippen molar-refractivity contribution in [2.75, 3.05) is 6.54 Å². The largest absolute Gasteiger partial charge is 0.444 e. The molecule has 3 aromatic rings. The van der Waals surface area contributed by atoms with Crippen molar-refractivity contribution >= 4 is 28.6 Å². The lowest BCUT2D eigenvalue weighted by molar-refractivity contribution is 0.0525. The van der Waals surface area contributed by atoms with E-state index in [1.165, 1.54) is 0 Å². The number of fused-ring (bicyclic) bond motifs is 1. The number of hydrogen-bond acceptors (Lipinski definition) is 3. The Balaban J connectivity index is 1.95. The number of benzene rings is 2. The first kappa shape index (κ1) is 20.2. The summed E-state index contributed by atoms with van der Waals surface area (Å²) in [6, 6.07) is 17.9. The standard InChI is InChI=1S/C23H25ClN2O2/c1-15(14-25-22(27)28-23(2,3)4)18-13-17-11-8-12-19(24)21(17)26-20(18)16-9-6-5-7-10-16/h5-13,15H,14H2,1-4H3,(H,25,27). The topological polar surface area (TPSA) is 51.2 Å². The van der Waals surface area contributed by atoms with Gasteiger partial charge in [-0.05, 0) is 38.5 Å². The SMILES string of the molecule is CC(CNC(=O)OC(C)(C)C)c1cc2cccc(Cl)c2nc1-c1ccccc1. The van der Waals surface area contributed by atoms with E-state index >= 15 is 0 Å². The fourth-order valence-electron chi connectivity index (χ4n) is 3.04. The van der Waals surface area contributed by atoms with Crippen LogP contribution >= 0.6 is 11.6 Å². The number of pyridine rings is 1. The van der Waals surface area contributed by atoms with Crippen molar-refractivity contribution in [2.45, 2.75) is 39.2 Å². The van der Waals surface area contributed by atoms with E-state index in [0.29, 0.717) is 11.6 Å². The summed E-state index contributed by atoms with van der Waals surface area (Å²) in [5, 5.41) is 4.46. The molecule has 146 valence electrons. The van der Waals surface area contributed by atoms with Crippen LogP contribution in [0.25, 0.3) is 22.2 Å². The lowest BCUT2D eigenvalue weighted by atomic mass is 9.94. The first-order valence-corrected chi connectivity index (χ1v) is 9.74. The first-order chi connectivity index (χ1) is 13.2. The number of nitrogens with one attached hydrogen (secondary N) is 1. The van der Waals surface area contributed by atoms with Gasteiger partial charge in [0, 0.05) is 23.4 Å². The van der Waals surface area contributed by atoms with Crippen LogP contribution in [0.2, 0.25) is 5.02 Å². The average molecular weight is 397 g/mol. The molecule has 2 aromatic carbocycles. The highest BCUT2D eigenvalue weighted by atomic mass is 35.5. The molecule has 5 heteroatoms.